The minimum Gasteiger partial charge on any atom is -0.410 e. The van der Waals surface area contributed by atoms with Gasteiger partial charge in [0.25, 0.3) is 0 Å². The molecule has 1 aliphatic carbocycles. The Morgan fingerprint density at radius 2 is 1.27 bits per heavy atom. The molecule has 30 heavy (non-hydrogen) atoms. The first-order valence-corrected chi connectivity index (χ1v) is 13.8. The second kappa shape index (κ2) is 8.01. The van der Waals surface area contributed by atoms with Crippen LogP contribution in [0.3, 0.4) is 0 Å². The summed E-state index contributed by atoms with van der Waals surface area (Å²) in [5, 5.41) is 0.173. The molecular weight excluding hydrogens is 380 g/mol. The zero-order chi connectivity index (χ0) is 21.4. The Bertz CT molecular complexity index is 1000. The van der Waals surface area contributed by atoms with Gasteiger partial charge in [0.15, 0.2) is 8.32 Å². The first-order chi connectivity index (χ1) is 14.3. The van der Waals surface area contributed by atoms with Gasteiger partial charge in [-0.25, -0.2) is 0 Å². The van der Waals surface area contributed by atoms with Crippen LogP contribution < -0.4 is 0 Å². The van der Waals surface area contributed by atoms with E-state index in [4.69, 9.17) is 4.43 Å². The van der Waals surface area contributed by atoms with E-state index in [1.165, 1.54) is 33.4 Å². The molecule has 154 valence electrons. The molecule has 1 aliphatic rings. The Balaban J connectivity index is 1.96. The lowest BCUT2D eigenvalue weighted by atomic mass is 9.89. The summed E-state index contributed by atoms with van der Waals surface area (Å²) >= 11 is 0. The maximum Gasteiger partial charge on any atom is 0.192 e. The summed E-state index contributed by atoms with van der Waals surface area (Å²) in [7, 11) is -1.93. The van der Waals surface area contributed by atoms with E-state index in [1.54, 1.807) is 0 Å². The Kier molecular flexibility index (Phi) is 5.57. The number of fused-ring (bicyclic) bond motifs is 1. The number of hydrogen-bond donors (Lipinski definition) is 0. The van der Waals surface area contributed by atoms with Crippen molar-refractivity contribution < 1.29 is 4.43 Å². The zero-order valence-corrected chi connectivity index (χ0v) is 19.8. The zero-order valence-electron chi connectivity index (χ0n) is 18.8. The molecule has 2 heteroatoms. The second-order valence-electron chi connectivity index (χ2n) is 9.75. The van der Waals surface area contributed by atoms with Gasteiger partial charge in [0.1, 0.15) is 0 Å². The highest BCUT2D eigenvalue weighted by molar-refractivity contribution is 6.74. The molecule has 0 fully saturated rings. The lowest BCUT2D eigenvalue weighted by Gasteiger charge is -2.39. The van der Waals surface area contributed by atoms with Crippen LogP contribution in [-0.2, 0) is 10.8 Å². The van der Waals surface area contributed by atoms with E-state index in [-0.39, 0.29) is 11.1 Å². The van der Waals surface area contributed by atoms with Gasteiger partial charge in [-0.2, -0.15) is 0 Å². The fourth-order valence-corrected chi connectivity index (χ4v) is 5.32. The standard InChI is InChI=1S/C28H32OSi/c1-28(2,3)30(4,5)29-25-20-23-18-12-13-19-24(23)27(25)26(21-14-8-6-9-15-21)22-16-10-7-11-17-22/h6-19,25H,20H2,1-5H3. The molecule has 3 aromatic rings. The van der Waals surface area contributed by atoms with E-state index in [1.807, 2.05) is 0 Å². The molecule has 4 rings (SSSR count). The maximum atomic E-state index is 7.06. The van der Waals surface area contributed by atoms with Crippen molar-refractivity contribution >= 4 is 19.5 Å². The maximum absolute atomic E-state index is 7.06. The van der Waals surface area contributed by atoms with Crippen molar-refractivity contribution in [2.45, 2.75) is 51.4 Å². The van der Waals surface area contributed by atoms with Crippen LogP contribution in [0.4, 0.5) is 0 Å². The fourth-order valence-electron chi connectivity index (χ4n) is 4.05. The third-order valence-corrected chi connectivity index (χ3v) is 11.2. The summed E-state index contributed by atoms with van der Waals surface area (Å²) in [6.07, 6.45) is 1.03. The average Bonchev–Trinajstić information content (AvgIpc) is 3.06. The predicted octanol–water partition coefficient (Wildman–Crippen LogP) is 7.59. The summed E-state index contributed by atoms with van der Waals surface area (Å²) in [4.78, 5) is 0. The highest BCUT2D eigenvalue weighted by atomic mass is 28.4. The molecule has 1 atom stereocenters. The lowest BCUT2D eigenvalue weighted by molar-refractivity contribution is 0.239. The summed E-state index contributed by atoms with van der Waals surface area (Å²) in [5.74, 6) is 0. The van der Waals surface area contributed by atoms with Crippen molar-refractivity contribution in [1.29, 1.82) is 0 Å². The van der Waals surface area contributed by atoms with Gasteiger partial charge < -0.3 is 4.43 Å². The minimum atomic E-state index is -1.93. The van der Waals surface area contributed by atoms with E-state index in [9.17, 15) is 0 Å². The van der Waals surface area contributed by atoms with Crippen LogP contribution in [0.5, 0.6) is 0 Å². The molecule has 0 saturated heterocycles. The molecule has 0 saturated carbocycles. The van der Waals surface area contributed by atoms with Gasteiger partial charge in [0.05, 0.1) is 6.10 Å². The van der Waals surface area contributed by atoms with Crippen LogP contribution in [0.25, 0.3) is 11.1 Å². The lowest BCUT2D eigenvalue weighted by Crippen LogP contribution is -2.44. The van der Waals surface area contributed by atoms with Crippen molar-refractivity contribution in [3.8, 4) is 0 Å². The molecule has 0 amide bonds. The molecular formula is C28H32OSi. The summed E-state index contributed by atoms with van der Waals surface area (Å²) in [5.41, 5.74) is 7.86. The van der Waals surface area contributed by atoms with Crippen LogP contribution >= 0.6 is 0 Å². The quantitative estimate of drug-likeness (QED) is 0.401. The van der Waals surface area contributed by atoms with Crippen LogP contribution in [0, 0.1) is 0 Å². The monoisotopic (exact) mass is 412 g/mol. The molecule has 1 nitrogen and oxygen atoms in total. The second-order valence-corrected chi connectivity index (χ2v) is 14.5. The summed E-state index contributed by atoms with van der Waals surface area (Å²) in [6, 6.07) is 30.4. The average molecular weight is 413 g/mol. The highest BCUT2D eigenvalue weighted by Gasteiger charge is 2.42. The van der Waals surface area contributed by atoms with Gasteiger partial charge in [-0.05, 0) is 51.5 Å². The predicted molar refractivity (Wildman–Crippen MR) is 131 cm³/mol. The van der Waals surface area contributed by atoms with Crippen molar-refractivity contribution in [3.05, 3.63) is 107 Å². The topological polar surface area (TPSA) is 9.23 Å². The Labute approximate surface area is 182 Å². The van der Waals surface area contributed by atoms with Gasteiger partial charge in [0.2, 0.25) is 0 Å². The smallest absolute Gasteiger partial charge is 0.192 e. The highest BCUT2D eigenvalue weighted by Crippen LogP contribution is 2.46. The summed E-state index contributed by atoms with van der Waals surface area (Å²) < 4.78 is 7.06. The molecule has 0 N–H and O–H groups in total. The van der Waals surface area contributed by atoms with Gasteiger partial charge in [-0.15, -0.1) is 0 Å². The van der Waals surface area contributed by atoms with Crippen LogP contribution in [0.2, 0.25) is 18.1 Å². The molecule has 0 spiro atoms. The van der Waals surface area contributed by atoms with Gasteiger partial charge in [-0.1, -0.05) is 106 Å². The van der Waals surface area contributed by atoms with Gasteiger partial charge >= 0.3 is 0 Å². The molecule has 1 unspecified atom stereocenters. The SMILES string of the molecule is CC(C)(C)[Si](C)(C)OC1Cc2ccccc2C1=C(c1ccccc1)c1ccccc1. The van der Waals surface area contributed by atoms with E-state index in [0.29, 0.717) is 0 Å². The van der Waals surface area contributed by atoms with Gasteiger partial charge in [-0.3, -0.25) is 0 Å². The van der Waals surface area contributed by atoms with E-state index < -0.39 is 8.32 Å². The third-order valence-electron chi connectivity index (χ3n) is 6.67. The number of benzene rings is 3. The minimum absolute atomic E-state index is 0.0821. The molecule has 0 aliphatic heterocycles. The van der Waals surface area contributed by atoms with Crippen molar-refractivity contribution in [2.24, 2.45) is 0 Å². The van der Waals surface area contributed by atoms with E-state index in [0.717, 1.165) is 6.42 Å². The van der Waals surface area contributed by atoms with Crippen molar-refractivity contribution in [2.75, 3.05) is 0 Å². The van der Waals surface area contributed by atoms with Crippen LogP contribution in [-0.4, -0.2) is 14.4 Å². The normalized spacial score (nSPS) is 16.4. The first kappa shape index (κ1) is 20.8. The Morgan fingerprint density at radius 3 is 1.80 bits per heavy atom. The molecule has 0 bridgehead atoms. The van der Waals surface area contributed by atoms with E-state index in [2.05, 4.69) is 119 Å². The van der Waals surface area contributed by atoms with Crippen molar-refractivity contribution in [1.82, 2.24) is 0 Å². The molecule has 0 aromatic heterocycles. The van der Waals surface area contributed by atoms with E-state index >= 15 is 0 Å². The van der Waals surface area contributed by atoms with Crippen LogP contribution in [0.15, 0.2) is 84.9 Å². The number of rotatable bonds is 4. The molecule has 0 radical (unpaired) electrons. The number of hydrogen-bond acceptors (Lipinski definition) is 1. The van der Waals surface area contributed by atoms with Gasteiger partial charge in [0, 0.05) is 6.42 Å². The Morgan fingerprint density at radius 1 is 0.767 bits per heavy atom. The third kappa shape index (κ3) is 3.95. The molecule has 0 heterocycles. The largest absolute Gasteiger partial charge is 0.410 e. The Hall–Kier alpha value is -2.42. The van der Waals surface area contributed by atoms with Crippen molar-refractivity contribution in [3.63, 3.8) is 0 Å². The van der Waals surface area contributed by atoms with Crippen LogP contribution in [0.1, 0.15) is 43.0 Å². The first-order valence-electron chi connectivity index (χ1n) is 10.9. The molecule has 3 aromatic carbocycles. The fraction of sp³-hybridized carbons (Fsp3) is 0.286. The summed E-state index contributed by atoms with van der Waals surface area (Å²) in [6.45, 7) is 11.7.